The lowest BCUT2D eigenvalue weighted by atomic mass is 10.0. The third-order valence-electron chi connectivity index (χ3n) is 7.03. The molecule has 1 saturated heterocycles. The summed E-state index contributed by atoms with van der Waals surface area (Å²) >= 11 is 5.39. The van der Waals surface area contributed by atoms with Gasteiger partial charge in [0.2, 0.25) is 0 Å². The molecule has 7 heteroatoms. The Bertz CT molecular complexity index is 1620. The summed E-state index contributed by atoms with van der Waals surface area (Å²) in [4.78, 5) is 27.9. The molecular weight excluding hydrogens is 506 g/mol. The van der Waals surface area contributed by atoms with Gasteiger partial charge in [0, 0.05) is 17.1 Å². The molecule has 0 spiro atoms. The van der Waals surface area contributed by atoms with Gasteiger partial charge in [-0.3, -0.25) is 19.8 Å². The molecule has 5 rings (SSSR count). The molecule has 1 N–H and O–H groups in total. The molecule has 4 aromatic rings. The molecule has 196 valence electrons. The lowest BCUT2D eigenvalue weighted by Crippen LogP contribution is -2.54. The minimum Gasteiger partial charge on any atom is -0.489 e. The van der Waals surface area contributed by atoms with Crippen LogP contribution in [0.15, 0.2) is 84.4 Å². The van der Waals surface area contributed by atoms with Crippen LogP contribution in [0.25, 0.3) is 11.8 Å². The van der Waals surface area contributed by atoms with Gasteiger partial charge in [-0.05, 0) is 105 Å². The summed E-state index contributed by atoms with van der Waals surface area (Å²) in [5.74, 6) is -0.169. The van der Waals surface area contributed by atoms with Crippen LogP contribution in [0, 0.1) is 27.7 Å². The third-order valence-corrected chi connectivity index (χ3v) is 7.32. The number of ether oxygens (including phenoxy) is 1. The molecule has 0 aliphatic carbocycles. The second-order valence-corrected chi connectivity index (χ2v) is 9.99. The van der Waals surface area contributed by atoms with Crippen molar-refractivity contribution in [1.82, 2.24) is 9.88 Å². The smallest absolute Gasteiger partial charge is 0.270 e. The van der Waals surface area contributed by atoms with Crippen molar-refractivity contribution in [2.75, 3.05) is 4.90 Å². The highest BCUT2D eigenvalue weighted by molar-refractivity contribution is 7.80. The number of carbonyl (C=O) groups is 2. The highest BCUT2D eigenvalue weighted by atomic mass is 32.1. The highest BCUT2D eigenvalue weighted by Crippen LogP contribution is 2.29. The fourth-order valence-corrected chi connectivity index (χ4v) is 5.05. The number of benzene rings is 3. The fourth-order valence-electron chi connectivity index (χ4n) is 4.77. The van der Waals surface area contributed by atoms with E-state index in [1.54, 1.807) is 6.08 Å². The SMILES string of the molecule is Cc1cccc(N2C(=O)/C(=C/c3cc(C)n(-c4ccc(OCc5ccccc5)cc4)c3C)C(=O)NC2=S)c1C. The van der Waals surface area contributed by atoms with E-state index < -0.39 is 11.8 Å². The summed E-state index contributed by atoms with van der Waals surface area (Å²) in [5, 5.41) is 2.77. The van der Waals surface area contributed by atoms with E-state index in [0.717, 1.165) is 45.1 Å². The van der Waals surface area contributed by atoms with E-state index in [4.69, 9.17) is 17.0 Å². The van der Waals surface area contributed by atoms with Gasteiger partial charge >= 0.3 is 0 Å². The van der Waals surface area contributed by atoms with Crippen LogP contribution in [0.3, 0.4) is 0 Å². The molecule has 0 radical (unpaired) electrons. The van der Waals surface area contributed by atoms with Crippen molar-refractivity contribution >= 4 is 40.9 Å². The zero-order chi connectivity index (χ0) is 27.7. The summed E-state index contributed by atoms with van der Waals surface area (Å²) in [6.07, 6.45) is 1.65. The lowest BCUT2D eigenvalue weighted by molar-refractivity contribution is -0.122. The molecule has 6 nitrogen and oxygen atoms in total. The van der Waals surface area contributed by atoms with Gasteiger partial charge in [-0.15, -0.1) is 0 Å². The Kier molecular flexibility index (Phi) is 7.17. The number of nitrogens with zero attached hydrogens (tertiary/aromatic N) is 2. The minimum atomic E-state index is -0.503. The van der Waals surface area contributed by atoms with E-state index in [0.29, 0.717) is 12.3 Å². The zero-order valence-electron chi connectivity index (χ0n) is 22.3. The molecule has 1 aromatic heterocycles. The van der Waals surface area contributed by atoms with E-state index in [2.05, 4.69) is 9.88 Å². The molecule has 0 bridgehead atoms. The first-order chi connectivity index (χ1) is 18.7. The van der Waals surface area contributed by atoms with E-state index in [9.17, 15) is 9.59 Å². The fraction of sp³-hybridized carbons (Fsp3) is 0.156. The molecule has 1 aliphatic heterocycles. The van der Waals surface area contributed by atoms with Gasteiger partial charge in [0.05, 0.1) is 5.69 Å². The lowest BCUT2D eigenvalue weighted by Gasteiger charge is -2.30. The van der Waals surface area contributed by atoms with Crippen LogP contribution in [0.2, 0.25) is 0 Å². The number of thiocarbonyl (C=S) groups is 1. The maximum Gasteiger partial charge on any atom is 0.270 e. The average molecular weight is 536 g/mol. The Morgan fingerprint density at radius 2 is 1.62 bits per heavy atom. The second-order valence-electron chi connectivity index (χ2n) is 9.61. The van der Waals surface area contributed by atoms with Crippen LogP contribution in [0.5, 0.6) is 5.75 Å². The van der Waals surface area contributed by atoms with Crippen molar-refractivity contribution in [3.05, 3.63) is 118 Å². The summed E-state index contributed by atoms with van der Waals surface area (Å²) in [6, 6.07) is 25.6. The standard InChI is InChI=1S/C32H29N3O3S/c1-20-9-8-12-29(22(20)3)35-31(37)28(30(36)33-32(35)39)18-25-17-21(2)34(23(25)4)26-13-15-27(16-14-26)38-19-24-10-6-5-7-11-24/h5-18H,19H2,1-4H3,(H,33,36,39)/b28-18+. The van der Waals surface area contributed by atoms with Crippen LogP contribution in [0.1, 0.15) is 33.6 Å². The van der Waals surface area contributed by atoms with Crippen molar-refractivity contribution < 1.29 is 14.3 Å². The van der Waals surface area contributed by atoms with Gasteiger partial charge < -0.3 is 9.30 Å². The highest BCUT2D eigenvalue weighted by Gasteiger charge is 2.35. The zero-order valence-corrected chi connectivity index (χ0v) is 23.1. The number of hydrogen-bond donors (Lipinski definition) is 1. The largest absolute Gasteiger partial charge is 0.489 e. The summed E-state index contributed by atoms with van der Waals surface area (Å²) in [5.41, 5.74) is 7.39. The molecule has 0 saturated carbocycles. The Morgan fingerprint density at radius 3 is 2.33 bits per heavy atom. The van der Waals surface area contributed by atoms with E-state index in [1.807, 2.05) is 107 Å². The van der Waals surface area contributed by atoms with Gasteiger partial charge in [-0.1, -0.05) is 42.5 Å². The number of aryl methyl sites for hydroxylation is 2. The maximum atomic E-state index is 13.6. The van der Waals surface area contributed by atoms with Crippen LogP contribution in [-0.2, 0) is 16.2 Å². The van der Waals surface area contributed by atoms with Crippen molar-refractivity contribution in [2.45, 2.75) is 34.3 Å². The molecule has 0 atom stereocenters. The number of nitrogens with one attached hydrogen (secondary N) is 1. The first kappa shape index (κ1) is 26.1. The molecular formula is C32H29N3O3S. The predicted octanol–water partition coefficient (Wildman–Crippen LogP) is 6.12. The molecule has 2 heterocycles. The first-order valence-electron chi connectivity index (χ1n) is 12.7. The monoisotopic (exact) mass is 535 g/mol. The average Bonchev–Trinajstić information content (AvgIpc) is 3.20. The molecule has 3 aromatic carbocycles. The molecule has 1 fully saturated rings. The van der Waals surface area contributed by atoms with Crippen LogP contribution in [0.4, 0.5) is 5.69 Å². The topological polar surface area (TPSA) is 63.6 Å². The minimum absolute atomic E-state index is 0.0365. The van der Waals surface area contributed by atoms with Gasteiger partial charge in [-0.2, -0.15) is 0 Å². The predicted molar refractivity (Wildman–Crippen MR) is 158 cm³/mol. The van der Waals surface area contributed by atoms with Crippen LogP contribution >= 0.6 is 12.2 Å². The first-order valence-corrected chi connectivity index (χ1v) is 13.1. The summed E-state index contributed by atoms with van der Waals surface area (Å²) in [7, 11) is 0. The Morgan fingerprint density at radius 1 is 0.897 bits per heavy atom. The quantitative estimate of drug-likeness (QED) is 0.184. The summed E-state index contributed by atoms with van der Waals surface area (Å²) < 4.78 is 8.02. The van der Waals surface area contributed by atoms with E-state index in [-0.39, 0.29) is 10.7 Å². The van der Waals surface area contributed by atoms with Gasteiger partial charge in [-0.25, -0.2) is 0 Å². The van der Waals surface area contributed by atoms with Crippen LogP contribution < -0.4 is 15.0 Å². The van der Waals surface area contributed by atoms with E-state index >= 15 is 0 Å². The molecule has 2 amide bonds. The van der Waals surface area contributed by atoms with Gasteiger partial charge in [0.25, 0.3) is 11.8 Å². The number of carbonyl (C=O) groups excluding carboxylic acids is 2. The van der Waals surface area contributed by atoms with Gasteiger partial charge in [0.15, 0.2) is 5.11 Å². The number of anilines is 1. The third kappa shape index (κ3) is 5.13. The molecule has 39 heavy (non-hydrogen) atoms. The van der Waals surface area contributed by atoms with Crippen molar-refractivity contribution in [1.29, 1.82) is 0 Å². The second kappa shape index (κ2) is 10.7. The Labute approximate surface area is 233 Å². The maximum absolute atomic E-state index is 13.6. The number of amides is 2. The van der Waals surface area contributed by atoms with Crippen LogP contribution in [-0.4, -0.2) is 21.5 Å². The Balaban J connectivity index is 1.42. The number of aromatic nitrogens is 1. The van der Waals surface area contributed by atoms with E-state index in [1.165, 1.54) is 4.90 Å². The number of hydrogen-bond acceptors (Lipinski definition) is 4. The van der Waals surface area contributed by atoms with Crippen molar-refractivity contribution in [3.63, 3.8) is 0 Å². The summed E-state index contributed by atoms with van der Waals surface area (Å²) in [6.45, 7) is 8.37. The van der Waals surface area contributed by atoms with Crippen molar-refractivity contribution in [2.24, 2.45) is 0 Å². The number of rotatable bonds is 6. The Hall–Kier alpha value is -4.49. The van der Waals surface area contributed by atoms with Crippen molar-refractivity contribution in [3.8, 4) is 11.4 Å². The normalized spacial score (nSPS) is 14.6. The molecule has 0 unspecified atom stereocenters. The molecule has 1 aliphatic rings. The van der Waals surface area contributed by atoms with Gasteiger partial charge in [0.1, 0.15) is 17.9 Å².